The Balaban J connectivity index is 1.80. The van der Waals surface area contributed by atoms with Gasteiger partial charge >= 0.3 is 0 Å². The van der Waals surface area contributed by atoms with E-state index in [1.807, 2.05) is 12.3 Å². The van der Waals surface area contributed by atoms with Crippen molar-refractivity contribution in [2.45, 2.75) is 19.0 Å². The fraction of sp³-hybridized carbons (Fsp3) is 0.667. The van der Waals surface area contributed by atoms with E-state index >= 15 is 0 Å². The van der Waals surface area contributed by atoms with Crippen LogP contribution in [0, 0.1) is 0 Å². The van der Waals surface area contributed by atoms with E-state index in [2.05, 4.69) is 25.1 Å². The van der Waals surface area contributed by atoms with Gasteiger partial charge in [0.05, 0.1) is 6.17 Å². The Morgan fingerprint density at radius 2 is 2.12 bits per heavy atom. The maximum atomic E-state index is 4.38. The van der Waals surface area contributed by atoms with E-state index in [1.54, 1.807) is 6.33 Å². The standard InChI is InChI=1S/C12H19N5/c1-2-7-16(6-1)12-9-13-5-8-17(12)11-3-4-14-10-15-11/h3-4,10,12-13H,1-2,5-9H2. The lowest BCUT2D eigenvalue weighted by molar-refractivity contribution is 0.211. The molecule has 1 atom stereocenters. The van der Waals surface area contributed by atoms with Crippen molar-refractivity contribution < 1.29 is 0 Å². The maximum Gasteiger partial charge on any atom is 0.133 e. The molecule has 1 N–H and O–H groups in total. The van der Waals surface area contributed by atoms with E-state index in [0.29, 0.717) is 6.17 Å². The van der Waals surface area contributed by atoms with Crippen molar-refractivity contribution in [2.24, 2.45) is 0 Å². The highest BCUT2D eigenvalue weighted by molar-refractivity contribution is 5.38. The lowest BCUT2D eigenvalue weighted by Gasteiger charge is -2.41. The van der Waals surface area contributed by atoms with Crippen molar-refractivity contribution in [1.82, 2.24) is 20.2 Å². The van der Waals surface area contributed by atoms with Crippen molar-refractivity contribution in [3.05, 3.63) is 18.6 Å². The summed E-state index contributed by atoms with van der Waals surface area (Å²) in [5.74, 6) is 1.05. The summed E-state index contributed by atoms with van der Waals surface area (Å²) < 4.78 is 0. The Bertz CT molecular complexity index is 349. The molecule has 2 aliphatic heterocycles. The molecule has 0 radical (unpaired) electrons. The van der Waals surface area contributed by atoms with E-state index in [0.717, 1.165) is 25.5 Å². The van der Waals surface area contributed by atoms with Gasteiger partial charge in [0.1, 0.15) is 12.1 Å². The van der Waals surface area contributed by atoms with Crippen LogP contribution in [0.4, 0.5) is 5.82 Å². The average Bonchev–Trinajstić information content (AvgIpc) is 2.94. The third kappa shape index (κ3) is 2.25. The highest BCUT2D eigenvalue weighted by Crippen LogP contribution is 2.20. The van der Waals surface area contributed by atoms with Crippen LogP contribution in [0.5, 0.6) is 0 Å². The zero-order valence-electron chi connectivity index (χ0n) is 10.0. The Morgan fingerprint density at radius 3 is 2.88 bits per heavy atom. The molecule has 1 aromatic heterocycles. The van der Waals surface area contributed by atoms with Gasteiger partial charge in [-0.25, -0.2) is 9.97 Å². The lowest BCUT2D eigenvalue weighted by Crippen LogP contribution is -2.59. The monoisotopic (exact) mass is 233 g/mol. The van der Waals surface area contributed by atoms with E-state index in [-0.39, 0.29) is 0 Å². The SMILES string of the molecule is c1cc(N2CCNCC2N2CCCC2)ncn1. The average molecular weight is 233 g/mol. The molecule has 3 rings (SSSR count). The minimum atomic E-state index is 0.459. The molecule has 2 aliphatic rings. The molecule has 0 bridgehead atoms. The summed E-state index contributed by atoms with van der Waals surface area (Å²) in [5.41, 5.74) is 0. The van der Waals surface area contributed by atoms with Gasteiger partial charge < -0.3 is 10.2 Å². The van der Waals surface area contributed by atoms with Crippen molar-refractivity contribution in [3.63, 3.8) is 0 Å². The minimum Gasteiger partial charge on any atom is -0.338 e. The van der Waals surface area contributed by atoms with Gasteiger partial charge in [-0.05, 0) is 18.9 Å². The molecular formula is C12H19N5. The number of hydrogen-bond donors (Lipinski definition) is 1. The van der Waals surface area contributed by atoms with Crippen molar-refractivity contribution in [1.29, 1.82) is 0 Å². The molecule has 2 saturated heterocycles. The fourth-order valence-corrected chi connectivity index (χ4v) is 2.78. The van der Waals surface area contributed by atoms with Gasteiger partial charge in [0.15, 0.2) is 0 Å². The predicted octanol–water partition coefficient (Wildman–Crippen LogP) is 0.308. The van der Waals surface area contributed by atoms with E-state index in [4.69, 9.17) is 0 Å². The second kappa shape index (κ2) is 4.98. The zero-order valence-corrected chi connectivity index (χ0v) is 10.0. The van der Waals surface area contributed by atoms with Gasteiger partial charge in [-0.15, -0.1) is 0 Å². The van der Waals surface area contributed by atoms with Crippen LogP contribution in [0.3, 0.4) is 0 Å². The van der Waals surface area contributed by atoms with Crippen LogP contribution < -0.4 is 10.2 Å². The summed E-state index contributed by atoms with van der Waals surface area (Å²) in [6.45, 7) is 5.53. The first kappa shape index (κ1) is 10.9. The third-order valence-corrected chi connectivity index (χ3v) is 3.64. The number of likely N-dealkylation sites (tertiary alicyclic amines) is 1. The highest BCUT2D eigenvalue weighted by Gasteiger charge is 2.30. The number of piperazine rings is 1. The second-order valence-electron chi connectivity index (χ2n) is 4.69. The number of nitrogens with zero attached hydrogens (tertiary/aromatic N) is 4. The van der Waals surface area contributed by atoms with Gasteiger partial charge in [-0.2, -0.15) is 0 Å². The van der Waals surface area contributed by atoms with E-state index in [1.165, 1.54) is 25.9 Å². The highest BCUT2D eigenvalue weighted by atomic mass is 15.4. The Labute approximate surface area is 102 Å². The number of aromatic nitrogens is 2. The van der Waals surface area contributed by atoms with Gasteiger partial charge in [0.25, 0.3) is 0 Å². The van der Waals surface area contributed by atoms with Crippen molar-refractivity contribution >= 4 is 5.82 Å². The summed E-state index contributed by atoms with van der Waals surface area (Å²) in [6, 6.07) is 2.01. The van der Waals surface area contributed by atoms with Gasteiger partial charge in [-0.1, -0.05) is 0 Å². The number of hydrogen-bond acceptors (Lipinski definition) is 5. The molecule has 1 unspecified atom stereocenters. The molecule has 0 aliphatic carbocycles. The first-order chi connectivity index (χ1) is 8.45. The Morgan fingerprint density at radius 1 is 1.24 bits per heavy atom. The second-order valence-corrected chi connectivity index (χ2v) is 4.69. The molecule has 92 valence electrons. The largest absolute Gasteiger partial charge is 0.338 e. The Kier molecular flexibility index (Phi) is 3.20. The van der Waals surface area contributed by atoms with E-state index in [9.17, 15) is 0 Å². The molecule has 0 saturated carbocycles. The van der Waals surface area contributed by atoms with Crippen molar-refractivity contribution in [2.75, 3.05) is 37.6 Å². The third-order valence-electron chi connectivity index (χ3n) is 3.64. The molecule has 0 amide bonds. The van der Waals surface area contributed by atoms with E-state index < -0.39 is 0 Å². The number of anilines is 1. The van der Waals surface area contributed by atoms with Gasteiger partial charge in [-0.3, -0.25) is 4.90 Å². The lowest BCUT2D eigenvalue weighted by atomic mass is 10.2. The molecule has 2 fully saturated rings. The van der Waals surface area contributed by atoms with Crippen LogP contribution in [-0.2, 0) is 0 Å². The van der Waals surface area contributed by atoms with Gasteiger partial charge in [0, 0.05) is 38.9 Å². The summed E-state index contributed by atoms with van der Waals surface area (Å²) in [5, 5.41) is 3.48. The van der Waals surface area contributed by atoms with Crippen LogP contribution in [0.25, 0.3) is 0 Å². The summed E-state index contributed by atoms with van der Waals surface area (Å²) in [7, 11) is 0. The molecule has 0 aromatic carbocycles. The molecule has 3 heterocycles. The van der Waals surface area contributed by atoms with Crippen LogP contribution in [0.15, 0.2) is 18.6 Å². The zero-order chi connectivity index (χ0) is 11.5. The normalized spacial score (nSPS) is 26.4. The van der Waals surface area contributed by atoms with Crippen molar-refractivity contribution in [3.8, 4) is 0 Å². The fourth-order valence-electron chi connectivity index (χ4n) is 2.78. The van der Waals surface area contributed by atoms with Crippen LogP contribution in [-0.4, -0.2) is 53.8 Å². The minimum absolute atomic E-state index is 0.459. The summed E-state index contributed by atoms with van der Waals surface area (Å²) in [4.78, 5) is 13.4. The van der Waals surface area contributed by atoms with Crippen LogP contribution >= 0.6 is 0 Å². The predicted molar refractivity (Wildman–Crippen MR) is 66.8 cm³/mol. The Hall–Kier alpha value is -1.20. The first-order valence-electron chi connectivity index (χ1n) is 6.42. The molecule has 17 heavy (non-hydrogen) atoms. The van der Waals surface area contributed by atoms with Gasteiger partial charge in [0.2, 0.25) is 0 Å². The number of rotatable bonds is 2. The quantitative estimate of drug-likeness (QED) is 0.796. The smallest absolute Gasteiger partial charge is 0.133 e. The summed E-state index contributed by atoms with van der Waals surface area (Å²) in [6.07, 6.45) is 6.58. The first-order valence-corrected chi connectivity index (χ1v) is 6.42. The molecule has 5 heteroatoms. The number of nitrogens with one attached hydrogen (secondary N) is 1. The van der Waals surface area contributed by atoms with Crippen LogP contribution in [0.1, 0.15) is 12.8 Å². The van der Waals surface area contributed by atoms with Crippen LogP contribution in [0.2, 0.25) is 0 Å². The molecule has 5 nitrogen and oxygen atoms in total. The molecular weight excluding hydrogens is 214 g/mol. The topological polar surface area (TPSA) is 44.3 Å². The summed E-state index contributed by atoms with van der Waals surface area (Å²) >= 11 is 0. The molecule has 0 spiro atoms. The molecule has 1 aromatic rings. The maximum absolute atomic E-state index is 4.38.